The molecule has 19 heavy (non-hydrogen) atoms. The van der Waals surface area contributed by atoms with Crippen molar-refractivity contribution < 1.29 is 0 Å². The average molecular weight is 261 g/mol. The van der Waals surface area contributed by atoms with Crippen molar-refractivity contribution in [2.45, 2.75) is 39.2 Å². The maximum absolute atomic E-state index is 11.7. The van der Waals surface area contributed by atoms with Gasteiger partial charge in [-0.2, -0.15) is 0 Å². The van der Waals surface area contributed by atoms with Crippen LogP contribution in [0.5, 0.6) is 0 Å². The summed E-state index contributed by atoms with van der Waals surface area (Å²) in [5.41, 5.74) is 0.312. The Hall–Kier alpha value is -2.04. The van der Waals surface area contributed by atoms with Crippen molar-refractivity contribution in [2.75, 3.05) is 5.32 Å². The molecule has 0 fully saturated rings. The predicted octanol–water partition coefficient (Wildman–Crippen LogP) is 2.21. The number of aromatic nitrogens is 2. The highest BCUT2D eigenvalue weighted by Crippen LogP contribution is 2.15. The first kappa shape index (κ1) is 13.4. The molecule has 0 spiro atoms. The standard InChI is InChI=1S/C14H19N3O2/c1-3-4-5-9(2)15-10-6-7-11-12(8-10)14(19)17-16-13(11)18/h6-9,15H,3-5H2,1-2H3,(H,16,18)(H,17,19). The molecule has 102 valence electrons. The molecule has 5 heteroatoms. The first-order valence-electron chi connectivity index (χ1n) is 6.63. The minimum atomic E-state index is -0.278. The van der Waals surface area contributed by atoms with Gasteiger partial charge in [-0.05, 0) is 31.5 Å². The van der Waals surface area contributed by atoms with Gasteiger partial charge in [-0.25, -0.2) is 0 Å². The third-order valence-electron chi connectivity index (χ3n) is 3.20. The van der Waals surface area contributed by atoms with Gasteiger partial charge in [0.2, 0.25) is 0 Å². The van der Waals surface area contributed by atoms with E-state index in [0.29, 0.717) is 16.8 Å². The smallest absolute Gasteiger partial charge is 0.270 e. The van der Waals surface area contributed by atoms with E-state index in [1.54, 1.807) is 12.1 Å². The summed E-state index contributed by atoms with van der Waals surface area (Å²) >= 11 is 0. The number of nitrogens with one attached hydrogen (secondary N) is 3. The second kappa shape index (κ2) is 5.73. The van der Waals surface area contributed by atoms with E-state index < -0.39 is 0 Å². The van der Waals surface area contributed by atoms with Crippen molar-refractivity contribution in [1.82, 2.24) is 10.2 Å². The number of anilines is 1. The van der Waals surface area contributed by atoms with E-state index >= 15 is 0 Å². The summed E-state index contributed by atoms with van der Waals surface area (Å²) in [5, 5.41) is 8.83. The Morgan fingerprint density at radius 2 is 1.84 bits per heavy atom. The van der Waals surface area contributed by atoms with Gasteiger partial charge in [-0.15, -0.1) is 0 Å². The Morgan fingerprint density at radius 3 is 2.53 bits per heavy atom. The lowest BCUT2D eigenvalue weighted by atomic mass is 10.1. The Balaban J connectivity index is 2.29. The van der Waals surface area contributed by atoms with E-state index in [1.165, 1.54) is 12.8 Å². The van der Waals surface area contributed by atoms with Crippen LogP contribution in [-0.4, -0.2) is 16.2 Å². The molecule has 2 aromatic rings. The zero-order valence-corrected chi connectivity index (χ0v) is 11.2. The second-order valence-corrected chi connectivity index (χ2v) is 4.86. The van der Waals surface area contributed by atoms with Crippen LogP contribution in [0.4, 0.5) is 5.69 Å². The van der Waals surface area contributed by atoms with Crippen LogP contribution < -0.4 is 16.4 Å². The van der Waals surface area contributed by atoms with Crippen molar-refractivity contribution in [3.05, 3.63) is 38.9 Å². The van der Waals surface area contributed by atoms with Crippen LogP contribution >= 0.6 is 0 Å². The number of hydrogen-bond donors (Lipinski definition) is 3. The number of fused-ring (bicyclic) bond motifs is 1. The van der Waals surface area contributed by atoms with Gasteiger partial charge < -0.3 is 5.32 Å². The summed E-state index contributed by atoms with van der Waals surface area (Å²) in [5.74, 6) is 0. The van der Waals surface area contributed by atoms with Gasteiger partial charge in [0.05, 0.1) is 10.8 Å². The molecule has 0 radical (unpaired) electrons. The van der Waals surface area contributed by atoms with Crippen molar-refractivity contribution in [3.63, 3.8) is 0 Å². The van der Waals surface area contributed by atoms with Gasteiger partial charge in [0.25, 0.3) is 11.1 Å². The average Bonchev–Trinajstić information content (AvgIpc) is 2.41. The highest BCUT2D eigenvalue weighted by Gasteiger charge is 2.06. The summed E-state index contributed by atoms with van der Waals surface area (Å²) in [6.45, 7) is 4.27. The lowest BCUT2D eigenvalue weighted by Crippen LogP contribution is -2.20. The molecule has 0 saturated heterocycles. The molecule has 0 aliphatic carbocycles. The Labute approximate surface area is 111 Å². The van der Waals surface area contributed by atoms with Crippen LogP contribution in [0.2, 0.25) is 0 Å². The van der Waals surface area contributed by atoms with Crippen molar-refractivity contribution in [3.8, 4) is 0 Å². The fraction of sp³-hybridized carbons (Fsp3) is 0.429. The zero-order valence-electron chi connectivity index (χ0n) is 11.2. The van der Waals surface area contributed by atoms with Crippen molar-refractivity contribution >= 4 is 16.5 Å². The summed E-state index contributed by atoms with van der Waals surface area (Å²) in [6, 6.07) is 5.59. The monoisotopic (exact) mass is 261 g/mol. The van der Waals surface area contributed by atoms with Crippen LogP contribution in [0, 0.1) is 0 Å². The molecular weight excluding hydrogens is 242 g/mol. The number of benzene rings is 1. The largest absolute Gasteiger partial charge is 0.383 e. The third-order valence-corrected chi connectivity index (χ3v) is 3.20. The minimum Gasteiger partial charge on any atom is -0.383 e. The molecule has 0 aliphatic rings. The summed E-state index contributed by atoms with van der Waals surface area (Å²) < 4.78 is 0. The maximum atomic E-state index is 11.7. The third kappa shape index (κ3) is 3.05. The molecule has 3 N–H and O–H groups in total. The van der Waals surface area contributed by atoms with E-state index in [9.17, 15) is 9.59 Å². The number of rotatable bonds is 5. The minimum absolute atomic E-state index is 0.278. The topological polar surface area (TPSA) is 77.8 Å². The van der Waals surface area contributed by atoms with Crippen LogP contribution in [0.1, 0.15) is 33.1 Å². The number of aromatic amines is 2. The molecule has 1 aromatic carbocycles. The molecule has 0 amide bonds. The van der Waals surface area contributed by atoms with Gasteiger partial charge >= 0.3 is 0 Å². The van der Waals surface area contributed by atoms with Crippen LogP contribution in [0.25, 0.3) is 10.8 Å². The molecule has 1 aromatic heterocycles. The van der Waals surface area contributed by atoms with Gasteiger partial charge in [-0.1, -0.05) is 19.8 Å². The quantitative estimate of drug-likeness (QED) is 0.772. The summed E-state index contributed by atoms with van der Waals surface area (Å²) in [7, 11) is 0. The summed E-state index contributed by atoms with van der Waals surface area (Å²) in [4.78, 5) is 23.2. The van der Waals surface area contributed by atoms with Crippen LogP contribution in [0.15, 0.2) is 27.8 Å². The lowest BCUT2D eigenvalue weighted by molar-refractivity contribution is 0.645. The highest BCUT2D eigenvalue weighted by molar-refractivity contribution is 5.83. The van der Waals surface area contributed by atoms with Crippen LogP contribution in [0.3, 0.4) is 0 Å². The molecule has 1 heterocycles. The van der Waals surface area contributed by atoms with Gasteiger partial charge in [0, 0.05) is 11.7 Å². The SMILES string of the molecule is CCCCC(C)Nc1ccc2c(=O)[nH][nH]c(=O)c2c1. The predicted molar refractivity (Wildman–Crippen MR) is 77.8 cm³/mol. The van der Waals surface area contributed by atoms with E-state index in [0.717, 1.165) is 12.1 Å². The highest BCUT2D eigenvalue weighted by atomic mass is 16.1. The molecule has 1 unspecified atom stereocenters. The normalized spacial score (nSPS) is 12.5. The first-order chi connectivity index (χ1) is 9.11. The molecule has 1 atom stereocenters. The van der Waals surface area contributed by atoms with E-state index in [-0.39, 0.29) is 11.1 Å². The van der Waals surface area contributed by atoms with Gasteiger partial charge in [0.1, 0.15) is 0 Å². The number of unbranched alkanes of at least 4 members (excludes halogenated alkanes) is 1. The molecule has 0 aliphatic heterocycles. The second-order valence-electron chi connectivity index (χ2n) is 4.86. The number of H-pyrrole nitrogens is 2. The van der Waals surface area contributed by atoms with E-state index in [4.69, 9.17) is 0 Å². The lowest BCUT2D eigenvalue weighted by Gasteiger charge is -2.15. The van der Waals surface area contributed by atoms with E-state index in [1.807, 2.05) is 6.07 Å². The van der Waals surface area contributed by atoms with E-state index in [2.05, 4.69) is 29.4 Å². The maximum Gasteiger partial charge on any atom is 0.270 e. The van der Waals surface area contributed by atoms with Crippen LogP contribution in [-0.2, 0) is 0 Å². The van der Waals surface area contributed by atoms with Gasteiger partial charge in [0.15, 0.2) is 0 Å². The fourth-order valence-corrected chi connectivity index (χ4v) is 2.14. The molecule has 0 bridgehead atoms. The van der Waals surface area contributed by atoms with Gasteiger partial charge in [-0.3, -0.25) is 19.8 Å². The Morgan fingerprint density at radius 1 is 1.16 bits per heavy atom. The Kier molecular flexibility index (Phi) is 4.04. The molecule has 0 saturated carbocycles. The van der Waals surface area contributed by atoms with Crippen molar-refractivity contribution in [1.29, 1.82) is 0 Å². The number of hydrogen-bond acceptors (Lipinski definition) is 3. The Bertz CT molecular complexity index is 672. The fourth-order valence-electron chi connectivity index (χ4n) is 2.14. The summed E-state index contributed by atoms with van der Waals surface area (Å²) in [6.07, 6.45) is 3.42. The molecular formula is C14H19N3O2. The molecule has 2 rings (SSSR count). The first-order valence-corrected chi connectivity index (χ1v) is 6.63. The van der Waals surface area contributed by atoms with Crippen molar-refractivity contribution in [2.24, 2.45) is 0 Å². The zero-order chi connectivity index (χ0) is 13.8. The molecule has 5 nitrogen and oxygen atoms in total.